The van der Waals surface area contributed by atoms with E-state index in [9.17, 15) is 8.78 Å². The summed E-state index contributed by atoms with van der Waals surface area (Å²) in [5.41, 5.74) is 3.41. The van der Waals surface area contributed by atoms with Gasteiger partial charge < -0.3 is 5.43 Å². The van der Waals surface area contributed by atoms with Crippen molar-refractivity contribution in [2.24, 2.45) is 5.10 Å². The van der Waals surface area contributed by atoms with Crippen LogP contribution in [0.1, 0.15) is 12.8 Å². The summed E-state index contributed by atoms with van der Waals surface area (Å²) < 4.78 is 23.3. The first-order chi connectivity index (χ1) is 5.79. The Morgan fingerprint density at radius 1 is 1.42 bits per heavy atom. The van der Waals surface area contributed by atoms with Gasteiger partial charge in [-0.25, -0.2) is 8.78 Å². The summed E-state index contributed by atoms with van der Waals surface area (Å²) in [5, 5.41) is 3.90. The molecule has 1 aliphatic heterocycles. The minimum atomic E-state index is -2.31. The Morgan fingerprint density at radius 3 is 2.67 bits per heavy atom. The normalized spacial score (nSPS) is 18.1. The topological polar surface area (TPSA) is 24.4 Å². The average molecular weight is 194 g/mol. The molecular weight excluding hydrogens is 182 g/mol. The number of hydrogen-bond donors (Lipinski definition) is 1. The van der Waals surface area contributed by atoms with Crippen LogP contribution in [-0.2, 0) is 0 Å². The second kappa shape index (κ2) is 5.35. The fourth-order valence-electron chi connectivity index (χ4n) is 0.945. The van der Waals surface area contributed by atoms with Crippen LogP contribution in [0.25, 0.3) is 0 Å². The molecule has 0 radical (unpaired) electrons. The van der Waals surface area contributed by atoms with E-state index >= 15 is 0 Å². The van der Waals surface area contributed by atoms with Crippen LogP contribution in [0.3, 0.4) is 0 Å². The van der Waals surface area contributed by atoms with E-state index < -0.39 is 6.43 Å². The maximum Gasteiger partial charge on any atom is 0.257 e. The quantitative estimate of drug-likeness (QED) is 0.692. The van der Waals surface area contributed by atoms with Crippen molar-refractivity contribution < 1.29 is 8.78 Å². The molecule has 0 amide bonds. The van der Waals surface area contributed by atoms with Gasteiger partial charge in [-0.1, -0.05) is 0 Å². The molecule has 0 atom stereocenters. The maximum atomic E-state index is 11.7. The van der Waals surface area contributed by atoms with Gasteiger partial charge in [-0.2, -0.15) is 16.9 Å². The Balaban J connectivity index is 2.16. The van der Waals surface area contributed by atoms with Gasteiger partial charge in [0, 0.05) is 5.71 Å². The van der Waals surface area contributed by atoms with Crippen molar-refractivity contribution in [1.82, 2.24) is 5.43 Å². The molecule has 1 rings (SSSR count). The van der Waals surface area contributed by atoms with Gasteiger partial charge in [0.1, 0.15) is 0 Å². The number of hydrazone groups is 1. The van der Waals surface area contributed by atoms with E-state index in [1.807, 2.05) is 11.8 Å². The summed E-state index contributed by atoms with van der Waals surface area (Å²) in [5.74, 6) is 2.13. The van der Waals surface area contributed by atoms with Crippen LogP contribution in [0.15, 0.2) is 5.10 Å². The van der Waals surface area contributed by atoms with Crippen molar-refractivity contribution in [1.29, 1.82) is 0 Å². The number of alkyl halides is 2. The van der Waals surface area contributed by atoms with Gasteiger partial charge in [0.05, 0.1) is 6.54 Å². The van der Waals surface area contributed by atoms with Crippen LogP contribution in [-0.4, -0.2) is 30.2 Å². The van der Waals surface area contributed by atoms with E-state index in [1.165, 1.54) is 0 Å². The summed E-state index contributed by atoms with van der Waals surface area (Å²) >= 11 is 1.88. The molecule has 1 heterocycles. The first kappa shape index (κ1) is 9.77. The lowest BCUT2D eigenvalue weighted by molar-refractivity contribution is 0.146. The van der Waals surface area contributed by atoms with Gasteiger partial charge in [-0.05, 0) is 24.3 Å². The third kappa shape index (κ3) is 3.90. The van der Waals surface area contributed by atoms with Gasteiger partial charge >= 0.3 is 0 Å². The lowest BCUT2D eigenvalue weighted by Gasteiger charge is -2.11. The minimum Gasteiger partial charge on any atom is -0.304 e. The van der Waals surface area contributed by atoms with E-state index in [0.29, 0.717) is 0 Å². The summed E-state index contributed by atoms with van der Waals surface area (Å²) in [4.78, 5) is 0. The number of halogens is 2. The van der Waals surface area contributed by atoms with Gasteiger partial charge in [-0.15, -0.1) is 0 Å². The molecule has 0 unspecified atom stereocenters. The highest BCUT2D eigenvalue weighted by Crippen LogP contribution is 2.13. The zero-order valence-corrected chi connectivity index (χ0v) is 7.54. The van der Waals surface area contributed by atoms with E-state index in [2.05, 4.69) is 10.5 Å². The molecule has 70 valence electrons. The third-order valence-corrected chi connectivity index (χ3v) is 2.54. The Hall–Kier alpha value is -0.320. The van der Waals surface area contributed by atoms with Crippen LogP contribution in [0.4, 0.5) is 8.78 Å². The Morgan fingerprint density at radius 2 is 2.08 bits per heavy atom. The van der Waals surface area contributed by atoms with E-state index in [1.54, 1.807) is 0 Å². The number of thioether (sulfide) groups is 1. The van der Waals surface area contributed by atoms with Crippen molar-refractivity contribution in [3.63, 3.8) is 0 Å². The lowest BCUT2D eigenvalue weighted by atomic mass is 10.2. The molecule has 0 saturated carbocycles. The van der Waals surface area contributed by atoms with E-state index in [-0.39, 0.29) is 6.54 Å². The highest BCUT2D eigenvalue weighted by molar-refractivity contribution is 7.99. The average Bonchev–Trinajstić information content (AvgIpc) is 2.05. The SMILES string of the molecule is FC(F)CNN=C1CCSCC1. The number of nitrogens with zero attached hydrogens (tertiary/aromatic N) is 1. The zero-order chi connectivity index (χ0) is 8.81. The monoisotopic (exact) mass is 194 g/mol. The van der Waals surface area contributed by atoms with Crippen molar-refractivity contribution in [3.05, 3.63) is 0 Å². The highest BCUT2D eigenvalue weighted by Gasteiger charge is 2.07. The largest absolute Gasteiger partial charge is 0.304 e. The van der Waals surface area contributed by atoms with Crippen LogP contribution in [0, 0.1) is 0 Å². The number of nitrogens with one attached hydrogen (secondary N) is 1. The number of rotatable bonds is 3. The van der Waals surface area contributed by atoms with Crippen molar-refractivity contribution >= 4 is 17.5 Å². The molecule has 0 aromatic heterocycles. The zero-order valence-electron chi connectivity index (χ0n) is 6.72. The van der Waals surface area contributed by atoms with Crippen molar-refractivity contribution in [2.45, 2.75) is 19.3 Å². The highest BCUT2D eigenvalue weighted by atomic mass is 32.2. The molecule has 1 aliphatic rings. The van der Waals surface area contributed by atoms with Crippen molar-refractivity contribution in [3.8, 4) is 0 Å². The third-order valence-electron chi connectivity index (χ3n) is 1.55. The van der Waals surface area contributed by atoms with Crippen LogP contribution < -0.4 is 5.43 Å². The molecule has 1 saturated heterocycles. The Kier molecular flexibility index (Phi) is 4.35. The molecule has 2 nitrogen and oxygen atoms in total. The molecule has 0 bridgehead atoms. The van der Waals surface area contributed by atoms with Crippen LogP contribution >= 0.6 is 11.8 Å². The molecule has 0 spiro atoms. The van der Waals surface area contributed by atoms with Gasteiger partial charge in [0.15, 0.2) is 0 Å². The second-order valence-corrected chi connectivity index (χ2v) is 3.77. The van der Waals surface area contributed by atoms with Gasteiger partial charge in [0.25, 0.3) is 6.43 Å². The smallest absolute Gasteiger partial charge is 0.257 e. The predicted molar refractivity (Wildman–Crippen MR) is 48.0 cm³/mol. The second-order valence-electron chi connectivity index (χ2n) is 2.54. The molecule has 1 N–H and O–H groups in total. The Labute approximate surface area is 74.8 Å². The summed E-state index contributed by atoms with van der Waals surface area (Å²) in [7, 11) is 0. The number of hydrogen-bond acceptors (Lipinski definition) is 3. The fourth-order valence-corrected chi connectivity index (χ4v) is 1.91. The predicted octanol–water partition coefficient (Wildman–Crippen LogP) is 1.72. The first-order valence-corrected chi connectivity index (χ1v) is 5.08. The summed E-state index contributed by atoms with van der Waals surface area (Å²) in [6, 6.07) is 0. The molecule has 0 aromatic carbocycles. The van der Waals surface area contributed by atoms with Gasteiger partial charge in [0.2, 0.25) is 0 Å². The van der Waals surface area contributed by atoms with Crippen LogP contribution in [0.5, 0.6) is 0 Å². The van der Waals surface area contributed by atoms with E-state index in [4.69, 9.17) is 0 Å². The van der Waals surface area contributed by atoms with Gasteiger partial charge in [-0.3, -0.25) is 0 Å². The molecular formula is C7H12F2N2S. The summed E-state index contributed by atoms with van der Waals surface area (Å²) in [6.45, 7) is -0.337. The van der Waals surface area contributed by atoms with E-state index in [0.717, 1.165) is 30.1 Å². The molecule has 1 fully saturated rings. The summed E-state index contributed by atoms with van der Waals surface area (Å²) in [6.07, 6.45) is -0.450. The molecule has 12 heavy (non-hydrogen) atoms. The molecule has 5 heteroatoms. The standard InChI is InChI=1S/C7H12F2N2S/c8-7(9)5-10-11-6-1-3-12-4-2-6/h7,10H,1-5H2. The van der Waals surface area contributed by atoms with Crippen LogP contribution in [0.2, 0.25) is 0 Å². The molecule has 0 aromatic rings. The Bertz CT molecular complexity index is 153. The maximum absolute atomic E-state index is 11.7. The van der Waals surface area contributed by atoms with Crippen molar-refractivity contribution in [2.75, 3.05) is 18.1 Å². The first-order valence-electron chi connectivity index (χ1n) is 3.93. The molecule has 0 aliphatic carbocycles. The lowest BCUT2D eigenvalue weighted by Crippen LogP contribution is -2.19. The fraction of sp³-hybridized carbons (Fsp3) is 0.857. The minimum absolute atomic E-state index is 0.337.